The first-order chi connectivity index (χ1) is 13.6. The molecule has 0 spiro atoms. The summed E-state index contributed by atoms with van der Waals surface area (Å²) in [4.78, 5) is 17.3. The van der Waals surface area contributed by atoms with Crippen LogP contribution in [0.4, 0.5) is 0 Å². The molecule has 144 valence electrons. The number of carbonyl (C=O) groups excluding carboxylic acids is 1. The van der Waals surface area contributed by atoms with Crippen LogP contribution in [0.1, 0.15) is 49.8 Å². The number of benzene rings is 2. The van der Waals surface area contributed by atoms with Crippen LogP contribution in [-0.2, 0) is 10.2 Å². The Labute approximate surface area is 173 Å². The van der Waals surface area contributed by atoms with Crippen LogP contribution in [0, 0.1) is 0 Å². The first kappa shape index (κ1) is 18.9. The van der Waals surface area contributed by atoms with Crippen LogP contribution in [0.15, 0.2) is 65.7 Å². The molecule has 1 aromatic heterocycles. The third-order valence-corrected chi connectivity index (χ3v) is 6.24. The summed E-state index contributed by atoms with van der Waals surface area (Å²) < 4.78 is 2.75. The number of carbonyl (C=O) groups is 1. The molecule has 1 fully saturated rings. The van der Waals surface area contributed by atoms with E-state index in [-0.39, 0.29) is 11.9 Å². The van der Waals surface area contributed by atoms with Gasteiger partial charge in [-0.1, -0.05) is 53.0 Å². The summed E-state index contributed by atoms with van der Waals surface area (Å²) in [7, 11) is 0. The maximum atomic E-state index is 13.3. The highest BCUT2D eigenvalue weighted by molar-refractivity contribution is 9.10. The summed E-state index contributed by atoms with van der Waals surface area (Å²) in [6.45, 7) is 2.03. The van der Waals surface area contributed by atoms with Crippen molar-refractivity contribution in [1.29, 1.82) is 0 Å². The van der Waals surface area contributed by atoms with Gasteiger partial charge in [0, 0.05) is 4.47 Å². The second-order valence-corrected chi connectivity index (χ2v) is 8.34. The van der Waals surface area contributed by atoms with Crippen LogP contribution in [-0.4, -0.2) is 20.7 Å². The maximum absolute atomic E-state index is 13.3. The van der Waals surface area contributed by atoms with Gasteiger partial charge in [0.25, 0.3) is 0 Å². The molecule has 0 radical (unpaired) electrons. The first-order valence-corrected chi connectivity index (χ1v) is 10.4. The normalized spacial score (nSPS) is 16.6. The minimum absolute atomic E-state index is 0.0646. The largest absolute Gasteiger partial charge is 0.349 e. The quantitative estimate of drug-likeness (QED) is 0.626. The van der Waals surface area contributed by atoms with Gasteiger partial charge in [0.15, 0.2) is 0 Å². The summed E-state index contributed by atoms with van der Waals surface area (Å²) >= 11 is 3.49. The van der Waals surface area contributed by atoms with Crippen LogP contribution in [0.5, 0.6) is 0 Å². The number of nitrogens with zero attached hydrogens (tertiary/aromatic N) is 3. The van der Waals surface area contributed by atoms with Gasteiger partial charge in [-0.25, -0.2) is 9.67 Å². The molecule has 1 N–H and O–H groups in total. The lowest BCUT2D eigenvalue weighted by atomic mass is 9.77. The molecule has 0 aliphatic heterocycles. The van der Waals surface area contributed by atoms with E-state index >= 15 is 0 Å². The van der Waals surface area contributed by atoms with Crippen molar-refractivity contribution in [2.75, 3.05) is 0 Å². The highest BCUT2D eigenvalue weighted by Crippen LogP contribution is 2.42. The van der Waals surface area contributed by atoms with E-state index in [1.165, 1.54) is 6.33 Å². The number of hydrogen-bond donors (Lipinski definition) is 1. The molecule has 1 atom stereocenters. The lowest BCUT2D eigenvalue weighted by molar-refractivity contribution is -0.127. The van der Waals surface area contributed by atoms with E-state index in [1.807, 2.05) is 43.3 Å². The summed E-state index contributed by atoms with van der Waals surface area (Å²) in [5, 5.41) is 7.40. The van der Waals surface area contributed by atoms with Gasteiger partial charge in [-0.15, -0.1) is 0 Å². The van der Waals surface area contributed by atoms with Gasteiger partial charge in [-0.2, -0.15) is 5.10 Å². The van der Waals surface area contributed by atoms with Crippen LogP contribution in [0.25, 0.3) is 5.69 Å². The second kappa shape index (κ2) is 7.87. The summed E-state index contributed by atoms with van der Waals surface area (Å²) in [5.74, 6) is 0.125. The molecule has 3 aromatic rings. The van der Waals surface area contributed by atoms with Gasteiger partial charge in [0.05, 0.1) is 17.1 Å². The monoisotopic (exact) mass is 438 g/mol. The molecule has 6 heteroatoms. The summed E-state index contributed by atoms with van der Waals surface area (Å²) in [6, 6.07) is 16.2. The third kappa shape index (κ3) is 3.61. The number of nitrogens with one attached hydrogen (secondary N) is 1. The highest BCUT2D eigenvalue weighted by atomic mass is 79.9. The topological polar surface area (TPSA) is 59.8 Å². The lowest BCUT2D eigenvalue weighted by Gasteiger charge is -2.30. The van der Waals surface area contributed by atoms with Gasteiger partial charge in [-0.3, -0.25) is 4.79 Å². The SMILES string of the molecule is C[C@H](NC(=O)C1(c2ccc(Br)cc2)CCCC1)c1ccc(-n2cncn2)cc1. The van der Waals surface area contributed by atoms with E-state index in [1.54, 1.807) is 11.0 Å². The molecule has 0 saturated heterocycles. The number of hydrogen-bond acceptors (Lipinski definition) is 3. The van der Waals surface area contributed by atoms with E-state index in [4.69, 9.17) is 0 Å². The van der Waals surface area contributed by atoms with E-state index in [0.717, 1.165) is 47.0 Å². The maximum Gasteiger partial charge on any atom is 0.231 e. The molecule has 0 unspecified atom stereocenters. The number of amides is 1. The number of halogens is 1. The zero-order valence-electron chi connectivity index (χ0n) is 15.8. The van der Waals surface area contributed by atoms with E-state index in [0.29, 0.717) is 0 Å². The Morgan fingerprint density at radius 3 is 2.39 bits per heavy atom. The molecular weight excluding hydrogens is 416 g/mol. The van der Waals surface area contributed by atoms with Crippen LogP contribution >= 0.6 is 15.9 Å². The van der Waals surface area contributed by atoms with Crippen molar-refractivity contribution in [1.82, 2.24) is 20.1 Å². The van der Waals surface area contributed by atoms with Crippen molar-refractivity contribution < 1.29 is 4.79 Å². The predicted octanol–water partition coefficient (Wildman–Crippen LogP) is 4.72. The molecule has 1 amide bonds. The Kier molecular flexibility index (Phi) is 5.31. The summed E-state index contributed by atoms with van der Waals surface area (Å²) in [5.41, 5.74) is 2.71. The Balaban J connectivity index is 1.52. The van der Waals surface area contributed by atoms with Crippen LogP contribution in [0.2, 0.25) is 0 Å². The minimum atomic E-state index is -0.421. The zero-order chi connectivity index (χ0) is 19.6. The zero-order valence-corrected chi connectivity index (χ0v) is 17.4. The Morgan fingerprint density at radius 2 is 1.79 bits per heavy atom. The van der Waals surface area contributed by atoms with Gasteiger partial charge < -0.3 is 5.32 Å². The van der Waals surface area contributed by atoms with Gasteiger partial charge in [0.1, 0.15) is 12.7 Å². The van der Waals surface area contributed by atoms with Crippen molar-refractivity contribution in [3.05, 3.63) is 76.8 Å². The van der Waals surface area contributed by atoms with Crippen molar-refractivity contribution in [2.45, 2.75) is 44.1 Å². The molecular formula is C22H23BrN4O. The smallest absolute Gasteiger partial charge is 0.231 e. The van der Waals surface area contributed by atoms with E-state index in [2.05, 4.69) is 43.5 Å². The molecule has 1 heterocycles. The van der Waals surface area contributed by atoms with Crippen molar-refractivity contribution in [3.63, 3.8) is 0 Å². The van der Waals surface area contributed by atoms with Crippen molar-refractivity contribution >= 4 is 21.8 Å². The molecule has 1 aliphatic carbocycles. The van der Waals surface area contributed by atoms with Crippen LogP contribution < -0.4 is 5.32 Å². The minimum Gasteiger partial charge on any atom is -0.349 e. The molecule has 1 saturated carbocycles. The average Bonchev–Trinajstić information content (AvgIpc) is 3.41. The molecule has 0 bridgehead atoms. The Bertz CT molecular complexity index is 930. The third-order valence-electron chi connectivity index (χ3n) is 5.71. The fourth-order valence-electron chi connectivity index (χ4n) is 4.07. The Hall–Kier alpha value is -2.47. The Morgan fingerprint density at radius 1 is 1.11 bits per heavy atom. The molecule has 5 nitrogen and oxygen atoms in total. The van der Waals surface area contributed by atoms with E-state index in [9.17, 15) is 4.79 Å². The van der Waals surface area contributed by atoms with Gasteiger partial charge in [-0.05, 0) is 55.2 Å². The fourth-order valence-corrected chi connectivity index (χ4v) is 4.33. The van der Waals surface area contributed by atoms with Crippen molar-refractivity contribution in [3.8, 4) is 5.69 Å². The number of aromatic nitrogens is 3. The van der Waals surface area contributed by atoms with Gasteiger partial charge >= 0.3 is 0 Å². The number of rotatable bonds is 5. The molecule has 4 rings (SSSR count). The van der Waals surface area contributed by atoms with E-state index < -0.39 is 5.41 Å². The molecule has 2 aromatic carbocycles. The van der Waals surface area contributed by atoms with Crippen molar-refractivity contribution in [2.24, 2.45) is 0 Å². The second-order valence-electron chi connectivity index (χ2n) is 7.42. The molecule has 28 heavy (non-hydrogen) atoms. The highest BCUT2D eigenvalue weighted by Gasteiger charge is 2.43. The predicted molar refractivity (Wildman–Crippen MR) is 112 cm³/mol. The lowest BCUT2D eigenvalue weighted by Crippen LogP contribution is -2.43. The summed E-state index contributed by atoms with van der Waals surface area (Å²) in [6.07, 6.45) is 7.16. The molecule has 1 aliphatic rings. The first-order valence-electron chi connectivity index (χ1n) is 9.60. The average molecular weight is 439 g/mol. The van der Waals surface area contributed by atoms with Crippen LogP contribution in [0.3, 0.4) is 0 Å². The standard InChI is InChI=1S/C22H23BrN4O/c1-16(17-4-10-20(11-5-17)27-15-24-14-25-27)26-21(28)22(12-2-3-13-22)18-6-8-19(23)9-7-18/h4-11,14-16H,2-3,12-13H2,1H3,(H,26,28)/t16-/m0/s1. The van der Waals surface area contributed by atoms with Gasteiger partial charge in [0.2, 0.25) is 5.91 Å². The fraction of sp³-hybridized carbons (Fsp3) is 0.318.